The molecule has 0 radical (unpaired) electrons. The van der Waals surface area contributed by atoms with Gasteiger partial charge in [-0.2, -0.15) is 0 Å². The summed E-state index contributed by atoms with van der Waals surface area (Å²) in [6.45, 7) is 2.89. The number of ether oxygens (including phenoxy) is 1. The van der Waals surface area contributed by atoms with Crippen LogP contribution >= 0.6 is 0 Å². The zero-order valence-corrected chi connectivity index (χ0v) is 13.8. The number of hydrogen-bond donors (Lipinski definition) is 0. The molecule has 2 aliphatic rings. The van der Waals surface area contributed by atoms with Crippen LogP contribution in [0, 0.1) is 0 Å². The number of ketones is 1. The maximum atomic E-state index is 12.4. The van der Waals surface area contributed by atoms with Crippen LogP contribution in [0.2, 0.25) is 0 Å². The van der Waals surface area contributed by atoms with E-state index in [1.807, 2.05) is 42.7 Å². The lowest BCUT2D eigenvalue weighted by Gasteiger charge is -2.34. The van der Waals surface area contributed by atoms with E-state index in [2.05, 4.69) is 16.0 Å². The van der Waals surface area contributed by atoms with E-state index < -0.39 is 0 Å². The van der Waals surface area contributed by atoms with E-state index in [1.165, 1.54) is 5.56 Å². The van der Waals surface area contributed by atoms with Gasteiger partial charge in [0.15, 0.2) is 5.78 Å². The van der Waals surface area contributed by atoms with E-state index in [9.17, 15) is 4.79 Å². The average Bonchev–Trinajstić information content (AvgIpc) is 2.98. The van der Waals surface area contributed by atoms with E-state index in [-0.39, 0.29) is 11.4 Å². The summed E-state index contributed by atoms with van der Waals surface area (Å²) in [4.78, 5) is 19.0. The van der Waals surface area contributed by atoms with Crippen molar-refractivity contribution < 1.29 is 9.53 Å². The van der Waals surface area contributed by atoms with E-state index in [0.29, 0.717) is 6.42 Å². The van der Waals surface area contributed by atoms with Crippen LogP contribution in [0.5, 0.6) is 5.75 Å². The molecule has 0 aliphatic carbocycles. The maximum Gasteiger partial charge on any atom is 0.170 e. The van der Waals surface area contributed by atoms with Crippen molar-refractivity contribution in [3.8, 4) is 5.75 Å². The minimum atomic E-state index is -0.320. The lowest BCUT2D eigenvalue weighted by molar-refractivity contribution is 0.0460. The quantitative estimate of drug-likeness (QED) is 0.867. The van der Waals surface area contributed by atoms with E-state index >= 15 is 0 Å². The normalized spacial score (nSPS) is 23.2. The standard InChI is InChI=1S/C20H22N2O2/c23-18-13-20(24-19-8-2-1-7-17(18)19)9-12-22(15-20)11-4-6-16-5-3-10-21-14-16/h1-3,5,7-8,10,14H,4,6,9,11-13,15H2/t20-/m0/s1. The molecule has 0 bridgehead atoms. The van der Waals surface area contributed by atoms with Gasteiger partial charge < -0.3 is 4.74 Å². The molecule has 2 aromatic rings. The minimum absolute atomic E-state index is 0.217. The Bertz CT molecular complexity index is 731. The van der Waals surface area contributed by atoms with Crippen LogP contribution in [0.1, 0.15) is 35.2 Å². The van der Waals surface area contributed by atoms with Crippen molar-refractivity contribution in [3.63, 3.8) is 0 Å². The molecular formula is C20H22N2O2. The summed E-state index contributed by atoms with van der Waals surface area (Å²) in [6, 6.07) is 11.7. The molecule has 1 atom stereocenters. The summed E-state index contributed by atoms with van der Waals surface area (Å²) in [6.07, 6.45) is 7.32. The number of aryl methyl sites for hydroxylation is 1. The lowest BCUT2D eigenvalue weighted by Crippen LogP contribution is -2.44. The molecular weight excluding hydrogens is 300 g/mol. The van der Waals surface area contributed by atoms with Crippen LogP contribution < -0.4 is 4.74 Å². The molecule has 4 heteroatoms. The number of para-hydroxylation sites is 1. The fourth-order valence-corrected chi connectivity index (χ4v) is 3.84. The van der Waals surface area contributed by atoms with E-state index in [1.54, 1.807) is 0 Å². The molecule has 2 aliphatic heterocycles. The molecule has 0 unspecified atom stereocenters. The van der Waals surface area contributed by atoms with Gasteiger partial charge in [0.1, 0.15) is 11.4 Å². The second kappa shape index (κ2) is 6.36. The topological polar surface area (TPSA) is 42.4 Å². The summed E-state index contributed by atoms with van der Waals surface area (Å²) >= 11 is 0. The second-order valence-corrected chi connectivity index (χ2v) is 6.87. The first-order valence-electron chi connectivity index (χ1n) is 8.67. The summed E-state index contributed by atoms with van der Waals surface area (Å²) in [5.74, 6) is 0.972. The monoisotopic (exact) mass is 322 g/mol. The van der Waals surface area contributed by atoms with Crippen molar-refractivity contribution in [1.82, 2.24) is 9.88 Å². The molecule has 4 nitrogen and oxygen atoms in total. The largest absolute Gasteiger partial charge is 0.485 e. The van der Waals surface area contributed by atoms with Crippen molar-refractivity contribution >= 4 is 5.78 Å². The number of rotatable bonds is 4. The Morgan fingerprint density at radius 1 is 1.21 bits per heavy atom. The SMILES string of the molecule is O=C1C[C@]2(CCN(CCCc3cccnc3)C2)Oc2ccccc21. The number of aromatic nitrogens is 1. The Morgan fingerprint density at radius 3 is 3.00 bits per heavy atom. The van der Waals surface area contributed by atoms with Crippen LogP contribution in [0.3, 0.4) is 0 Å². The zero-order chi connectivity index (χ0) is 16.4. The number of hydrogen-bond acceptors (Lipinski definition) is 4. The molecule has 0 amide bonds. The maximum absolute atomic E-state index is 12.4. The highest BCUT2D eigenvalue weighted by Crippen LogP contribution is 2.38. The van der Waals surface area contributed by atoms with Crippen molar-refractivity contribution in [2.75, 3.05) is 19.6 Å². The average molecular weight is 322 g/mol. The summed E-state index contributed by atoms with van der Waals surface area (Å²) in [7, 11) is 0. The van der Waals surface area contributed by atoms with Gasteiger partial charge in [-0.05, 0) is 43.1 Å². The third-order valence-electron chi connectivity index (χ3n) is 5.05. The number of likely N-dealkylation sites (tertiary alicyclic amines) is 1. The van der Waals surface area contributed by atoms with Gasteiger partial charge in [0, 0.05) is 31.9 Å². The lowest BCUT2D eigenvalue weighted by atomic mass is 9.89. The second-order valence-electron chi connectivity index (χ2n) is 6.87. The van der Waals surface area contributed by atoms with Gasteiger partial charge in [-0.1, -0.05) is 18.2 Å². The number of carbonyl (C=O) groups is 1. The number of fused-ring (bicyclic) bond motifs is 1. The fourth-order valence-electron chi connectivity index (χ4n) is 3.84. The zero-order valence-electron chi connectivity index (χ0n) is 13.8. The Labute approximate surface area is 142 Å². The third kappa shape index (κ3) is 3.06. The first kappa shape index (κ1) is 15.3. The van der Waals surface area contributed by atoms with Crippen LogP contribution in [0.15, 0.2) is 48.8 Å². The molecule has 1 aromatic heterocycles. The summed E-state index contributed by atoms with van der Waals surface area (Å²) in [5.41, 5.74) is 1.70. The van der Waals surface area contributed by atoms with E-state index in [4.69, 9.17) is 4.74 Å². The van der Waals surface area contributed by atoms with Gasteiger partial charge in [0.25, 0.3) is 0 Å². The Kier molecular flexibility index (Phi) is 4.07. The molecule has 3 heterocycles. The molecule has 124 valence electrons. The highest BCUT2D eigenvalue weighted by molar-refractivity contribution is 6.00. The number of Topliss-reactive ketones (excluding diaryl/α,β-unsaturated/α-hetero) is 1. The molecule has 1 spiro atoms. The third-order valence-corrected chi connectivity index (χ3v) is 5.05. The Morgan fingerprint density at radius 2 is 2.12 bits per heavy atom. The van der Waals surface area contributed by atoms with Crippen molar-refractivity contribution in [2.45, 2.75) is 31.3 Å². The van der Waals surface area contributed by atoms with Gasteiger partial charge in [-0.25, -0.2) is 0 Å². The van der Waals surface area contributed by atoms with Crippen molar-refractivity contribution in [3.05, 3.63) is 59.9 Å². The smallest absolute Gasteiger partial charge is 0.170 e. The molecule has 4 rings (SSSR count). The number of carbonyl (C=O) groups excluding carboxylic acids is 1. The molecule has 1 saturated heterocycles. The molecule has 0 saturated carbocycles. The van der Waals surface area contributed by atoms with Crippen LogP contribution in [0.25, 0.3) is 0 Å². The van der Waals surface area contributed by atoms with Gasteiger partial charge in [-0.3, -0.25) is 14.7 Å². The van der Waals surface area contributed by atoms with Crippen LogP contribution in [-0.2, 0) is 6.42 Å². The first-order chi connectivity index (χ1) is 11.7. The highest BCUT2D eigenvalue weighted by atomic mass is 16.5. The van der Waals surface area contributed by atoms with Gasteiger partial charge in [-0.15, -0.1) is 0 Å². The number of benzene rings is 1. The van der Waals surface area contributed by atoms with Gasteiger partial charge >= 0.3 is 0 Å². The minimum Gasteiger partial charge on any atom is -0.485 e. The summed E-state index contributed by atoms with van der Waals surface area (Å²) < 4.78 is 6.27. The molecule has 1 aromatic carbocycles. The Balaban J connectivity index is 1.36. The van der Waals surface area contributed by atoms with Crippen LogP contribution in [-0.4, -0.2) is 40.9 Å². The molecule has 0 N–H and O–H groups in total. The molecule has 24 heavy (non-hydrogen) atoms. The van der Waals surface area contributed by atoms with Gasteiger partial charge in [0.05, 0.1) is 12.0 Å². The highest BCUT2D eigenvalue weighted by Gasteiger charge is 2.45. The van der Waals surface area contributed by atoms with Crippen molar-refractivity contribution in [2.24, 2.45) is 0 Å². The summed E-state index contributed by atoms with van der Waals surface area (Å²) in [5, 5.41) is 0. The van der Waals surface area contributed by atoms with Crippen molar-refractivity contribution in [1.29, 1.82) is 0 Å². The first-order valence-corrected chi connectivity index (χ1v) is 8.67. The Hall–Kier alpha value is -2.20. The van der Waals surface area contributed by atoms with E-state index in [0.717, 1.165) is 50.2 Å². The fraction of sp³-hybridized carbons (Fsp3) is 0.400. The number of pyridine rings is 1. The molecule has 1 fully saturated rings. The predicted molar refractivity (Wildman–Crippen MR) is 92.4 cm³/mol. The van der Waals surface area contributed by atoms with Gasteiger partial charge in [0.2, 0.25) is 0 Å². The predicted octanol–water partition coefficient (Wildman–Crippen LogP) is 3.12. The van der Waals surface area contributed by atoms with Crippen LogP contribution in [0.4, 0.5) is 0 Å². The number of nitrogens with zero attached hydrogens (tertiary/aromatic N) is 2.